The molecule has 2 aliphatic heterocycles. The van der Waals surface area contributed by atoms with E-state index in [1.165, 1.54) is 0 Å². The number of carbonyl (C=O) groups excluding carboxylic acids is 1. The fourth-order valence-corrected chi connectivity index (χ4v) is 3.57. The quantitative estimate of drug-likeness (QED) is 0.926. The van der Waals surface area contributed by atoms with Gasteiger partial charge < -0.3 is 15.0 Å². The van der Waals surface area contributed by atoms with Crippen LogP contribution in [0.4, 0.5) is 0 Å². The van der Waals surface area contributed by atoms with Crippen molar-refractivity contribution >= 4 is 17.5 Å². The zero-order valence-electron chi connectivity index (χ0n) is 12.8. The van der Waals surface area contributed by atoms with Crippen LogP contribution in [-0.2, 0) is 9.53 Å². The van der Waals surface area contributed by atoms with Crippen molar-refractivity contribution in [1.82, 2.24) is 10.2 Å². The molecule has 0 radical (unpaired) electrons. The van der Waals surface area contributed by atoms with Crippen LogP contribution in [0.5, 0.6) is 0 Å². The lowest BCUT2D eigenvalue weighted by Crippen LogP contribution is -2.48. The third kappa shape index (κ3) is 3.62. The van der Waals surface area contributed by atoms with E-state index in [0.29, 0.717) is 12.3 Å². The molecule has 0 spiro atoms. The maximum Gasteiger partial charge on any atom is 0.223 e. The van der Waals surface area contributed by atoms with Gasteiger partial charge in [-0.25, -0.2) is 0 Å². The SMILES string of the molecule is O=C(CCC1CCOC1)N1CCNCC1c1ccccc1Cl. The van der Waals surface area contributed by atoms with Crippen molar-refractivity contribution in [2.45, 2.75) is 25.3 Å². The van der Waals surface area contributed by atoms with Gasteiger partial charge in [0.1, 0.15) is 0 Å². The van der Waals surface area contributed by atoms with E-state index >= 15 is 0 Å². The first-order chi connectivity index (χ1) is 10.8. The van der Waals surface area contributed by atoms with Gasteiger partial charge in [0.15, 0.2) is 0 Å². The maximum absolute atomic E-state index is 12.7. The molecule has 0 aliphatic carbocycles. The lowest BCUT2D eigenvalue weighted by Gasteiger charge is -2.37. The Morgan fingerprint density at radius 3 is 3.05 bits per heavy atom. The minimum absolute atomic E-state index is 0.0368. The Morgan fingerprint density at radius 2 is 2.27 bits per heavy atom. The number of ether oxygens (including phenoxy) is 1. The van der Waals surface area contributed by atoms with Crippen LogP contribution in [0.1, 0.15) is 30.9 Å². The van der Waals surface area contributed by atoms with Gasteiger partial charge in [-0.3, -0.25) is 4.79 Å². The second-order valence-corrected chi connectivity index (χ2v) is 6.50. The molecule has 2 fully saturated rings. The molecule has 120 valence electrons. The summed E-state index contributed by atoms with van der Waals surface area (Å²) in [7, 11) is 0. The molecule has 5 heteroatoms. The standard InChI is InChI=1S/C17H23ClN2O2/c18-15-4-2-1-3-14(15)16-11-19-8-9-20(16)17(21)6-5-13-7-10-22-12-13/h1-4,13,16,19H,5-12H2. The summed E-state index contributed by atoms with van der Waals surface area (Å²) in [6.07, 6.45) is 2.62. The number of carbonyl (C=O) groups is 1. The van der Waals surface area contributed by atoms with Crippen LogP contribution < -0.4 is 5.32 Å². The van der Waals surface area contributed by atoms with E-state index < -0.39 is 0 Å². The summed E-state index contributed by atoms with van der Waals surface area (Å²) in [4.78, 5) is 14.7. The van der Waals surface area contributed by atoms with Gasteiger partial charge in [0, 0.05) is 44.3 Å². The Labute approximate surface area is 136 Å². The monoisotopic (exact) mass is 322 g/mol. The fourth-order valence-electron chi connectivity index (χ4n) is 3.31. The molecule has 0 bridgehead atoms. The Hall–Kier alpha value is -1.10. The zero-order valence-corrected chi connectivity index (χ0v) is 13.5. The summed E-state index contributed by atoms with van der Waals surface area (Å²) in [6, 6.07) is 7.85. The zero-order chi connectivity index (χ0) is 15.4. The van der Waals surface area contributed by atoms with Crippen molar-refractivity contribution in [3.8, 4) is 0 Å². The molecule has 2 aliphatic rings. The predicted molar refractivity (Wildman–Crippen MR) is 86.9 cm³/mol. The van der Waals surface area contributed by atoms with Gasteiger partial charge in [0.2, 0.25) is 5.91 Å². The molecule has 2 heterocycles. The number of nitrogens with one attached hydrogen (secondary N) is 1. The highest BCUT2D eigenvalue weighted by Crippen LogP contribution is 2.29. The highest BCUT2D eigenvalue weighted by Gasteiger charge is 2.29. The molecular formula is C17H23ClN2O2. The van der Waals surface area contributed by atoms with Crippen LogP contribution >= 0.6 is 11.6 Å². The van der Waals surface area contributed by atoms with E-state index in [1.807, 2.05) is 29.2 Å². The number of benzene rings is 1. The van der Waals surface area contributed by atoms with Crippen molar-refractivity contribution in [3.63, 3.8) is 0 Å². The number of hydrogen-bond acceptors (Lipinski definition) is 3. The highest BCUT2D eigenvalue weighted by molar-refractivity contribution is 6.31. The summed E-state index contributed by atoms with van der Waals surface area (Å²) in [5, 5.41) is 4.10. The first-order valence-electron chi connectivity index (χ1n) is 8.08. The summed E-state index contributed by atoms with van der Waals surface area (Å²) in [5.74, 6) is 0.781. The van der Waals surface area contributed by atoms with Crippen molar-refractivity contribution in [1.29, 1.82) is 0 Å². The van der Waals surface area contributed by atoms with Gasteiger partial charge in [-0.15, -0.1) is 0 Å². The average Bonchev–Trinajstić information content (AvgIpc) is 3.06. The molecule has 0 aromatic heterocycles. The second kappa shape index (κ2) is 7.44. The van der Waals surface area contributed by atoms with Crippen LogP contribution in [0.2, 0.25) is 5.02 Å². The first kappa shape index (κ1) is 15.8. The van der Waals surface area contributed by atoms with E-state index in [0.717, 1.165) is 56.3 Å². The van der Waals surface area contributed by atoms with E-state index in [9.17, 15) is 4.79 Å². The van der Waals surface area contributed by atoms with Crippen molar-refractivity contribution in [3.05, 3.63) is 34.9 Å². The number of nitrogens with zero attached hydrogens (tertiary/aromatic N) is 1. The average molecular weight is 323 g/mol. The van der Waals surface area contributed by atoms with Gasteiger partial charge in [0.05, 0.1) is 6.04 Å². The lowest BCUT2D eigenvalue weighted by molar-refractivity contribution is -0.134. The largest absolute Gasteiger partial charge is 0.381 e. The molecule has 2 unspecified atom stereocenters. The van der Waals surface area contributed by atoms with Gasteiger partial charge >= 0.3 is 0 Å². The van der Waals surface area contributed by atoms with Gasteiger partial charge in [-0.1, -0.05) is 29.8 Å². The molecular weight excluding hydrogens is 300 g/mol. The summed E-state index contributed by atoms with van der Waals surface area (Å²) in [6.45, 7) is 4.01. The molecule has 1 aromatic carbocycles. The van der Waals surface area contributed by atoms with E-state index in [-0.39, 0.29) is 11.9 Å². The molecule has 2 saturated heterocycles. The van der Waals surface area contributed by atoms with Gasteiger partial charge in [0.25, 0.3) is 0 Å². The van der Waals surface area contributed by atoms with Crippen molar-refractivity contribution < 1.29 is 9.53 Å². The molecule has 1 N–H and O–H groups in total. The third-order valence-corrected chi connectivity index (χ3v) is 4.96. The molecule has 2 atom stereocenters. The van der Waals surface area contributed by atoms with Crippen LogP contribution in [-0.4, -0.2) is 43.7 Å². The molecule has 3 rings (SSSR count). The van der Waals surface area contributed by atoms with E-state index in [4.69, 9.17) is 16.3 Å². The van der Waals surface area contributed by atoms with E-state index in [2.05, 4.69) is 5.32 Å². The molecule has 0 saturated carbocycles. The summed E-state index contributed by atoms with van der Waals surface area (Å²) >= 11 is 6.33. The smallest absolute Gasteiger partial charge is 0.223 e. The van der Waals surface area contributed by atoms with Crippen molar-refractivity contribution in [2.75, 3.05) is 32.8 Å². The first-order valence-corrected chi connectivity index (χ1v) is 8.46. The van der Waals surface area contributed by atoms with Crippen molar-refractivity contribution in [2.24, 2.45) is 5.92 Å². The summed E-state index contributed by atoms with van der Waals surface area (Å²) < 4.78 is 5.39. The predicted octanol–water partition coefficient (Wildman–Crippen LogP) is 2.63. The molecule has 4 nitrogen and oxygen atoms in total. The fraction of sp³-hybridized carbons (Fsp3) is 0.588. The number of rotatable bonds is 4. The maximum atomic E-state index is 12.7. The van der Waals surface area contributed by atoms with Crippen LogP contribution in [0.3, 0.4) is 0 Å². The van der Waals surface area contributed by atoms with E-state index in [1.54, 1.807) is 0 Å². The van der Waals surface area contributed by atoms with Crippen LogP contribution in [0.15, 0.2) is 24.3 Å². The number of hydrogen-bond donors (Lipinski definition) is 1. The topological polar surface area (TPSA) is 41.6 Å². The number of amides is 1. The number of piperazine rings is 1. The summed E-state index contributed by atoms with van der Waals surface area (Å²) in [5.41, 5.74) is 1.04. The van der Waals surface area contributed by atoms with Crippen LogP contribution in [0.25, 0.3) is 0 Å². The Kier molecular flexibility index (Phi) is 5.34. The highest BCUT2D eigenvalue weighted by atomic mass is 35.5. The second-order valence-electron chi connectivity index (χ2n) is 6.10. The molecule has 1 aromatic rings. The van der Waals surface area contributed by atoms with Gasteiger partial charge in [-0.05, 0) is 30.4 Å². The molecule has 22 heavy (non-hydrogen) atoms. The normalized spacial score (nSPS) is 25.4. The Bertz CT molecular complexity index is 517. The lowest BCUT2D eigenvalue weighted by atomic mass is 9.99. The minimum atomic E-state index is 0.0368. The van der Waals surface area contributed by atoms with Crippen LogP contribution in [0, 0.1) is 5.92 Å². The minimum Gasteiger partial charge on any atom is -0.381 e. The van der Waals surface area contributed by atoms with Gasteiger partial charge in [-0.2, -0.15) is 0 Å². The Morgan fingerprint density at radius 1 is 1.41 bits per heavy atom. The Balaban J connectivity index is 1.66. The molecule has 1 amide bonds. The third-order valence-electron chi connectivity index (χ3n) is 4.62. The number of halogens is 1.